The van der Waals surface area contributed by atoms with Crippen LogP contribution >= 0.6 is 15.9 Å². The number of halogens is 1. The summed E-state index contributed by atoms with van der Waals surface area (Å²) in [5.41, 5.74) is 8.52. The molecular weight excluding hydrogens is 530 g/mol. The minimum Gasteiger partial charge on any atom is -0.376 e. The molecule has 1 heterocycles. The van der Waals surface area contributed by atoms with Crippen molar-refractivity contribution in [3.63, 3.8) is 0 Å². The summed E-state index contributed by atoms with van der Waals surface area (Å²) in [4.78, 5) is 0. The van der Waals surface area contributed by atoms with Gasteiger partial charge in [-0.1, -0.05) is 103 Å². The number of hydrogen-bond acceptors (Lipinski definition) is 1. The highest BCUT2D eigenvalue weighted by Crippen LogP contribution is 2.51. The molecule has 1 N–H and O–H groups in total. The fourth-order valence-corrected chi connectivity index (χ4v) is 6.49. The lowest BCUT2D eigenvalue weighted by molar-refractivity contribution is 0.131. The molecule has 0 saturated carbocycles. The van der Waals surface area contributed by atoms with Gasteiger partial charge in [-0.2, -0.15) is 0 Å². The summed E-state index contributed by atoms with van der Waals surface area (Å²) >= 11 is 3.69. The highest BCUT2D eigenvalue weighted by Gasteiger charge is 2.43. The zero-order valence-electron chi connectivity index (χ0n) is 21.7. The Kier molecular flexibility index (Phi) is 5.04. The highest BCUT2D eigenvalue weighted by atomic mass is 79.9. The number of fused-ring (bicyclic) bond motifs is 6. The molecule has 3 heteroatoms. The second kappa shape index (κ2) is 8.17. The van der Waals surface area contributed by atoms with Gasteiger partial charge in [0, 0.05) is 32.1 Å². The van der Waals surface area contributed by atoms with Gasteiger partial charge in [-0.05, 0) is 70.1 Å². The van der Waals surface area contributed by atoms with E-state index in [-0.39, 0.29) is 5.41 Å². The fourth-order valence-electron chi connectivity index (χ4n) is 6.13. The van der Waals surface area contributed by atoms with E-state index in [4.69, 9.17) is 0 Å². The summed E-state index contributed by atoms with van der Waals surface area (Å²) in [6.07, 6.45) is 0. The van der Waals surface area contributed by atoms with Crippen molar-refractivity contribution < 1.29 is 5.11 Å². The van der Waals surface area contributed by atoms with Crippen molar-refractivity contribution in [3.05, 3.63) is 136 Å². The van der Waals surface area contributed by atoms with Gasteiger partial charge in [0.2, 0.25) is 0 Å². The Morgan fingerprint density at radius 2 is 1.21 bits per heavy atom. The lowest BCUT2D eigenvalue weighted by Gasteiger charge is -2.26. The first-order valence-electron chi connectivity index (χ1n) is 13.0. The molecule has 0 spiro atoms. The first-order valence-corrected chi connectivity index (χ1v) is 13.8. The summed E-state index contributed by atoms with van der Waals surface area (Å²) < 4.78 is 3.36. The maximum atomic E-state index is 12.5. The lowest BCUT2D eigenvalue weighted by Crippen LogP contribution is -2.26. The summed E-state index contributed by atoms with van der Waals surface area (Å²) in [6, 6.07) is 38.2. The Bertz CT molecular complexity index is 1830. The summed E-state index contributed by atoms with van der Waals surface area (Å²) in [5, 5.41) is 14.7. The highest BCUT2D eigenvalue weighted by molar-refractivity contribution is 9.10. The standard InChI is InChI=1S/C35H28BrNO/c1-34(2,3)22-12-16-25(17-13-22)37-32-18-14-23(20-28(32)29-21-24(36)15-19-33(29)37)35(38)30-10-6-4-8-26(30)27-9-5-7-11-31(27)35/h4-21,38H,1-3H3. The van der Waals surface area contributed by atoms with Crippen molar-refractivity contribution in [3.8, 4) is 16.8 Å². The molecule has 0 aliphatic heterocycles. The topological polar surface area (TPSA) is 25.2 Å². The molecule has 1 aliphatic rings. The van der Waals surface area contributed by atoms with Gasteiger partial charge in [-0.3, -0.25) is 0 Å². The monoisotopic (exact) mass is 557 g/mol. The molecule has 0 fully saturated rings. The minimum absolute atomic E-state index is 0.0996. The summed E-state index contributed by atoms with van der Waals surface area (Å²) in [5.74, 6) is 0. The van der Waals surface area contributed by atoms with Gasteiger partial charge >= 0.3 is 0 Å². The predicted octanol–water partition coefficient (Wildman–Crippen LogP) is 9.11. The van der Waals surface area contributed by atoms with Crippen LogP contribution in [-0.4, -0.2) is 9.67 Å². The molecule has 38 heavy (non-hydrogen) atoms. The minimum atomic E-state index is -1.21. The van der Waals surface area contributed by atoms with Gasteiger partial charge in [0.05, 0.1) is 11.0 Å². The second-order valence-corrected chi connectivity index (χ2v) is 12.2. The number of aliphatic hydroxyl groups is 1. The Morgan fingerprint density at radius 1 is 0.658 bits per heavy atom. The molecule has 0 amide bonds. The van der Waals surface area contributed by atoms with Crippen molar-refractivity contribution in [1.29, 1.82) is 0 Å². The molecule has 0 radical (unpaired) electrons. The molecule has 0 atom stereocenters. The molecule has 7 rings (SSSR count). The van der Waals surface area contributed by atoms with E-state index in [1.165, 1.54) is 5.56 Å². The first kappa shape index (κ1) is 23.5. The third kappa shape index (κ3) is 3.28. The maximum absolute atomic E-state index is 12.5. The van der Waals surface area contributed by atoms with Gasteiger partial charge in [-0.15, -0.1) is 0 Å². The molecule has 0 bridgehead atoms. The molecule has 2 nitrogen and oxygen atoms in total. The van der Waals surface area contributed by atoms with Gasteiger partial charge in [0.25, 0.3) is 0 Å². The summed E-state index contributed by atoms with van der Waals surface area (Å²) in [6.45, 7) is 6.72. The van der Waals surface area contributed by atoms with Gasteiger partial charge in [0.15, 0.2) is 0 Å². The van der Waals surface area contributed by atoms with Crippen LogP contribution < -0.4 is 0 Å². The molecule has 6 aromatic rings. The van der Waals surface area contributed by atoms with Crippen molar-refractivity contribution >= 4 is 37.7 Å². The van der Waals surface area contributed by atoms with E-state index in [9.17, 15) is 5.11 Å². The van der Waals surface area contributed by atoms with Gasteiger partial charge in [-0.25, -0.2) is 0 Å². The van der Waals surface area contributed by atoms with Gasteiger partial charge in [0.1, 0.15) is 5.60 Å². The van der Waals surface area contributed by atoms with E-state index in [2.05, 4.69) is 126 Å². The van der Waals surface area contributed by atoms with E-state index in [0.717, 1.165) is 59.8 Å². The third-order valence-electron chi connectivity index (χ3n) is 8.06. The Labute approximate surface area is 231 Å². The number of benzene rings is 5. The van der Waals surface area contributed by atoms with E-state index >= 15 is 0 Å². The fraction of sp³-hybridized carbons (Fsp3) is 0.143. The van der Waals surface area contributed by atoms with E-state index in [0.29, 0.717) is 0 Å². The Balaban J connectivity index is 1.49. The smallest absolute Gasteiger partial charge is 0.141 e. The first-order chi connectivity index (χ1) is 18.3. The van der Waals surface area contributed by atoms with Crippen molar-refractivity contribution in [2.24, 2.45) is 0 Å². The largest absolute Gasteiger partial charge is 0.376 e. The SMILES string of the molecule is CC(C)(C)c1ccc(-n2c3ccc(Br)cc3c3cc(C4(O)c5ccccc5-c5ccccc54)ccc32)cc1. The maximum Gasteiger partial charge on any atom is 0.141 e. The predicted molar refractivity (Wildman–Crippen MR) is 161 cm³/mol. The van der Waals surface area contributed by atoms with Crippen LogP contribution in [0.25, 0.3) is 38.6 Å². The number of hydrogen-bond donors (Lipinski definition) is 1. The zero-order valence-corrected chi connectivity index (χ0v) is 23.3. The van der Waals surface area contributed by atoms with Crippen LogP contribution in [0.15, 0.2) is 114 Å². The second-order valence-electron chi connectivity index (χ2n) is 11.3. The van der Waals surface area contributed by atoms with Crippen LogP contribution in [0.1, 0.15) is 43.0 Å². The van der Waals surface area contributed by atoms with Crippen molar-refractivity contribution in [2.45, 2.75) is 31.8 Å². The number of aromatic nitrogens is 1. The van der Waals surface area contributed by atoms with Crippen LogP contribution in [0.3, 0.4) is 0 Å². The number of nitrogens with zero attached hydrogens (tertiary/aromatic N) is 1. The summed E-state index contributed by atoms with van der Waals surface area (Å²) in [7, 11) is 0. The quantitative estimate of drug-likeness (QED) is 0.225. The van der Waals surface area contributed by atoms with Crippen LogP contribution in [0, 0.1) is 0 Å². The zero-order chi connectivity index (χ0) is 26.2. The van der Waals surface area contributed by atoms with Gasteiger partial charge < -0.3 is 9.67 Å². The average Bonchev–Trinajstić information content (AvgIpc) is 3.38. The van der Waals surface area contributed by atoms with Crippen molar-refractivity contribution in [2.75, 3.05) is 0 Å². The third-order valence-corrected chi connectivity index (χ3v) is 8.55. The van der Waals surface area contributed by atoms with Crippen LogP contribution in [0.2, 0.25) is 0 Å². The van der Waals surface area contributed by atoms with Crippen LogP contribution in [-0.2, 0) is 11.0 Å². The lowest BCUT2D eigenvalue weighted by atomic mass is 9.84. The molecule has 5 aromatic carbocycles. The molecule has 186 valence electrons. The molecule has 1 aliphatic carbocycles. The van der Waals surface area contributed by atoms with E-state index in [1.54, 1.807) is 0 Å². The Hall–Kier alpha value is -3.66. The van der Waals surface area contributed by atoms with E-state index < -0.39 is 5.60 Å². The van der Waals surface area contributed by atoms with Crippen LogP contribution in [0.4, 0.5) is 0 Å². The average molecular weight is 559 g/mol. The normalized spacial score (nSPS) is 14.1. The number of rotatable bonds is 2. The van der Waals surface area contributed by atoms with E-state index in [1.807, 2.05) is 24.3 Å². The van der Waals surface area contributed by atoms with Crippen molar-refractivity contribution in [1.82, 2.24) is 4.57 Å². The van der Waals surface area contributed by atoms with Crippen LogP contribution in [0.5, 0.6) is 0 Å². The molecule has 0 saturated heterocycles. The molecular formula is C35H28BrNO. The molecule has 1 aromatic heterocycles. The molecule has 0 unspecified atom stereocenters. The Morgan fingerprint density at radius 3 is 1.82 bits per heavy atom.